The van der Waals surface area contributed by atoms with Gasteiger partial charge in [-0.25, -0.2) is 4.39 Å². The van der Waals surface area contributed by atoms with Crippen LogP contribution in [0.3, 0.4) is 0 Å². The summed E-state index contributed by atoms with van der Waals surface area (Å²) in [5.74, 6) is 0. The van der Waals surface area contributed by atoms with Crippen LogP contribution in [0.4, 0.5) is 8.78 Å². The molecule has 0 aliphatic carbocycles. The van der Waals surface area contributed by atoms with E-state index in [0.717, 1.165) is 6.08 Å². The molecule has 0 radical (unpaired) electrons. The van der Waals surface area contributed by atoms with Crippen LogP contribution in [0.5, 0.6) is 0 Å². The molecular formula is C3H3BrF2. The van der Waals surface area contributed by atoms with Crippen molar-refractivity contribution in [2.75, 3.05) is 6.67 Å². The Kier molecular flexibility index (Phi) is 3.32. The third-order valence-electron chi connectivity index (χ3n) is 0.231. The van der Waals surface area contributed by atoms with Crippen LogP contribution in [0.25, 0.3) is 0 Å². The van der Waals surface area contributed by atoms with Gasteiger partial charge >= 0.3 is 0 Å². The van der Waals surface area contributed by atoms with Gasteiger partial charge in [-0.15, -0.1) is 0 Å². The zero-order chi connectivity index (χ0) is 4.99. The minimum absolute atomic E-state index is 0.648. The molecule has 6 heavy (non-hydrogen) atoms. The fraction of sp³-hybridized carbons (Fsp3) is 0.333. The lowest BCUT2D eigenvalue weighted by atomic mass is 10.7. The van der Waals surface area contributed by atoms with Gasteiger partial charge in [0.25, 0.3) is 0 Å². The summed E-state index contributed by atoms with van der Waals surface area (Å²) in [6.45, 7) is -0.753. The van der Waals surface area contributed by atoms with Gasteiger partial charge in [-0.2, -0.15) is 4.39 Å². The van der Waals surface area contributed by atoms with Gasteiger partial charge in [0.2, 0.25) is 0 Å². The van der Waals surface area contributed by atoms with Crippen LogP contribution in [0, 0.1) is 0 Å². The Morgan fingerprint density at radius 3 is 2.33 bits per heavy atom. The zero-order valence-electron chi connectivity index (χ0n) is 2.92. The smallest absolute Gasteiger partial charge is 0.164 e. The Hall–Kier alpha value is 0.0800. The summed E-state index contributed by atoms with van der Waals surface area (Å²) in [5, 5.41) is 0. The predicted octanol–water partition coefficient (Wildman–Crippen LogP) is 2.16. The highest BCUT2D eigenvalue weighted by Gasteiger charge is 1.77. The average Bonchev–Trinajstić information content (AvgIpc) is 1.35. The number of allylic oxidation sites excluding steroid dienone is 1. The molecule has 0 heterocycles. The second kappa shape index (κ2) is 3.28. The van der Waals surface area contributed by atoms with Crippen molar-refractivity contribution in [3.63, 3.8) is 0 Å². The molecule has 36 valence electrons. The van der Waals surface area contributed by atoms with Gasteiger partial charge in [0, 0.05) is 0 Å². The Labute approximate surface area is 43.0 Å². The summed E-state index contributed by atoms with van der Waals surface area (Å²) in [6, 6.07) is 0. The first kappa shape index (κ1) is 6.08. The molecular weight excluding hydrogens is 154 g/mol. The topological polar surface area (TPSA) is 0 Å². The van der Waals surface area contributed by atoms with Crippen molar-refractivity contribution < 1.29 is 8.78 Å². The van der Waals surface area contributed by atoms with E-state index in [2.05, 4.69) is 15.9 Å². The lowest BCUT2D eigenvalue weighted by Crippen LogP contribution is -1.58. The van der Waals surface area contributed by atoms with Gasteiger partial charge in [0.05, 0.1) is 0 Å². The van der Waals surface area contributed by atoms with E-state index in [1.165, 1.54) is 0 Å². The summed E-state index contributed by atoms with van der Waals surface area (Å²) in [7, 11) is 0. The molecule has 0 amide bonds. The fourth-order valence-electron chi connectivity index (χ4n) is 0.0583. The standard InChI is InChI=1S/C3H3BrF2/c4-3(6)1-2-5/h1H,2H2/b3-1+. The maximum Gasteiger partial charge on any atom is 0.164 e. The van der Waals surface area contributed by atoms with Crippen molar-refractivity contribution in [2.45, 2.75) is 0 Å². The van der Waals surface area contributed by atoms with Crippen LogP contribution in [0.1, 0.15) is 0 Å². The van der Waals surface area contributed by atoms with Crippen molar-refractivity contribution in [1.82, 2.24) is 0 Å². The van der Waals surface area contributed by atoms with Crippen LogP contribution >= 0.6 is 15.9 Å². The highest BCUT2D eigenvalue weighted by molar-refractivity contribution is 9.11. The van der Waals surface area contributed by atoms with E-state index in [0.29, 0.717) is 0 Å². The van der Waals surface area contributed by atoms with Gasteiger partial charge in [0.15, 0.2) is 4.74 Å². The van der Waals surface area contributed by atoms with E-state index < -0.39 is 11.4 Å². The lowest BCUT2D eigenvalue weighted by molar-refractivity contribution is 0.552. The van der Waals surface area contributed by atoms with Gasteiger partial charge in [-0.3, -0.25) is 0 Å². The largest absolute Gasteiger partial charge is 0.246 e. The Balaban J connectivity index is 3.14. The molecule has 0 N–H and O–H groups in total. The van der Waals surface area contributed by atoms with E-state index in [-0.39, 0.29) is 0 Å². The average molecular weight is 157 g/mol. The second-order valence-electron chi connectivity index (χ2n) is 0.648. The molecule has 0 aliphatic rings. The first-order valence-electron chi connectivity index (χ1n) is 1.34. The summed E-state index contributed by atoms with van der Waals surface area (Å²) in [6.07, 6.45) is 0.792. The van der Waals surface area contributed by atoms with E-state index in [1.807, 2.05) is 0 Å². The molecule has 0 bridgehead atoms. The van der Waals surface area contributed by atoms with Gasteiger partial charge < -0.3 is 0 Å². The third-order valence-corrected chi connectivity index (χ3v) is 0.555. The summed E-state index contributed by atoms with van der Waals surface area (Å²) >= 11 is 2.39. The lowest BCUT2D eigenvalue weighted by Gasteiger charge is -1.71. The second-order valence-corrected chi connectivity index (χ2v) is 1.41. The van der Waals surface area contributed by atoms with E-state index in [1.54, 1.807) is 0 Å². The molecule has 0 spiro atoms. The molecule has 3 heteroatoms. The molecule has 0 aromatic heterocycles. The van der Waals surface area contributed by atoms with Crippen molar-refractivity contribution >= 4 is 15.9 Å². The van der Waals surface area contributed by atoms with Crippen molar-refractivity contribution in [3.05, 3.63) is 10.8 Å². The molecule has 0 nitrogen and oxygen atoms in total. The first-order chi connectivity index (χ1) is 2.77. The zero-order valence-corrected chi connectivity index (χ0v) is 4.50. The molecule has 0 aliphatic heterocycles. The highest BCUT2D eigenvalue weighted by atomic mass is 79.9. The molecule has 0 rings (SSSR count). The molecule has 0 atom stereocenters. The van der Waals surface area contributed by atoms with Gasteiger partial charge in [0.1, 0.15) is 6.67 Å². The van der Waals surface area contributed by atoms with Gasteiger partial charge in [-0.1, -0.05) is 0 Å². The van der Waals surface area contributed by atoms with Crippen molar-refractivity contribution in [1.29, 1.82) is 0 Å². The van der Waals surface area contributed by atoms with Gasteiger partial charge in [-0.05, 0) is 22.0 Å². The maximum atomic E-state index is 11.2. The summed E-state index contributed by atoms with van der Waals surface area (Å²) < 4.78 is 21.5. The monoisotopic (exact) mass is 156 g/mol. The first-order valence-corrected chi connectivity index (χ1v) is 2.14. The Morgan fingerprint density at radius 2 is 2.33 bits per heavy atom. The Bertz CT molecular complexity index is 55.8. The molecule has 0 aromatic carbocycles. The Morgan fingerprint density at radius 1 is 1.83 bits per heavy atom. The number of alkyl halides is 1. The molecule has 0 aromatic rings. The highest BCUT2D eigenvalue weighted by Crippen LogP contribution is 2.03. The van der Waals surface area contributed by atoms with Crippen molar-refractivity contribution in [3.8, 4) is 0 Å². The number of rotatable bonds is 1. The number of hydrogen-bond acceptors (Lipinski definition) is 0. The van der Waals surface area contributed by atoms with E-state index >= 15 is 0 Å². The van der Waals surface area contributed by atoms with Crippen LogP contribution < -0.4 is 0 Å². The number of hydrogen-bond donors (Lipinski definition) is 0. The summed E-state index contributed by atoms with van der Waals surface area (Å²) in [5.41, 5.74) is 0. The summed E-state index contributed by atoms with van der Waals surface area (Å²) in [4.78, 5) is 0. The SMILES string of the molecule is FC/C=C(/F)Br. The van der Waals surface area contributed by atoms with E-state index in [4.69, 9.17) is 0 Å². The molecule has 0 saturated carbocycles. The number of halogens is 3. The van der Waals surface area contributed by atoms with Crippen LogP contribution in [0.2, 0.25) is 0 Å². The molecule has 0 saturated heterocycles. The van der Waals surface area contributed by atoms with Crippen LogP contribution in [0.15, 0.2) is 10.8 Å². The quantitative estimate of drug-likeness (QED) is 0.547. The van der Waals surface area contributed by atoms with Crippen LogP contribution in [-0.4, -0.2) is 6.67 Å². The fourth-order valence-corrected chi connectivity index (χ4v) is 0.181. The molecule has 0 unspecified atom stereocenters. The minimum Gasteiger partial charge on any atom is -0.246 e. The van der Waals surface area contributed by atoms with E-state index in [9.17, 15) is 8.78 Å². The predicted molar refractivity (Wildman–Crippen MR) is 24.1 cm³/mol. The normalized spacial score (nSPS) is 12.2. The maximum absolute atomic E-state index is 11.2. The minimum atomic E-state index is -0.753. The van der Waals surface area contributed by atoms with Crippen LogP contribution in [-0.2, 0) is 0 Å². The third kappa shape index (κ3) is 4.08. The molecule has 0 fully saturated rings. The van der Waals surface area contributed by atoms with Crippen molar-refractivity contribution in [2.24, 2.45) is 0 Å².